The van der Waals surface area contributed by atoms with E-state index in [1.807, 2.05) is 6.92 Å². The minimum Gasteiger partial charge on any atom is -0.312 e. The molecule has 0 bridgehead atoms. The molecular weight excluding hydrogens is 254 g/mol. The molecule has 0 aliphatic carbocycles. The number of benzene rings is 1. The van der Waals surface area contributed by atoms with Crippen molar-refractivity contribution in [2.24, 2.45) is 5.92 Å². The number of amides is 3. The molecule has 2 aliphatic rings. The summed E-state index contributed by atoms with van der Waals surface area (Å²) in [5.41, 5.74) is -0.182. The lowest BCUT2D eigenvalue weighted by Crippen LogP contribution is -2.34. The number of anilines is 1. The van der Waals surface area contributed by atoms with Gasteiger partial charge in [0.2, 0.25) is 0 Å². The first-order valence-corrected chi connectivity index (χ1v) is 6.10. The van der Waals surface area contributed by atoms with Gasteiger partial charge in [-0.25, -0.2) is 18.5 Å². The highest BCUT2D eigenvalue weighted by molar-refractivity contribution is 6.21. The van der Waals surface area contributed by atoms with Gasteiger partial charge in [-0.15, -0.1) is 0 Å². The summed E-state index contributed by atoms with van der Waals surface area (Å²) in [4.78, 5) is 26.7. The van der Waals surface area contributed by atoms with Gasteiger partial charge in [0, 0.05) is 12.6 Å². The molecule has 2 atom stereocenters. The maximum atomic E-state index is 13.7. The third kappa shape index (κ3) is 1.63. The zero-order chi connectivity index (χ0) is 13.7. The number of carbonyl (C=O) groups excluding carboxylic acids is 2. The molecule has 0 aromatic heterocycles. The topological polar surface area (TPSA) is 40.6 Å². The second-order valence-corrected chi connectivity index (χ2v) is 4.96. The third-order valence-electron chi connectivity index (χ3n) is 3.76. The summed E-state index contributed by atoms with van der Waals surface area (Å²) >= 11 is 0. The van der Waals surface area contributed by atoms with Crippen molar-refractivity contribution in [2.45, 2.75) is 19.4 Å². The monoisotopic (exact) mass is 266 g/mol. The molecule has 3 amide bonds. The number of rotatable bonds is 1. The van der Waals surface area contributed by atoms with Crippen LogP contribution in [0.4, 0.5) is 19.3 Å². The van der Waals surface area contributed by atoms with Crippen molar-refractivity contribution >= 4 is 17.6 Å². The van der Waals surface area contributed by atoms with Crippen LogP contribution in [0.25, 0.3) is 0 Å². The molecule has 2 unspecified atom stereocenters. The van der Waals surface area contributed by atoms with Crippen LogP contribution in [0.5, 0.6) is 0 Å². The first-order chi connectivity index (χ1) is 9.00. The van der Waals surface area contributed by atoms with Gasteiger partial charge in [-0.05, 0) is 24.5 Å². The van der Waals surface area contributed by atoms with Crippen LogP contribution in [0.15, 0.2) is 18.2 Å². The number of hydrogen-bond donors (Lipinski definition) is 0. The fourth-order valence-electron chi connectivity index (χ4n) is 2.78. The Bertz CT molecular complexity index is 576. The summed E-state index contributed by atoms with van der Waals surface area (Å²) in [5, 5.41) is 0. The predicted octanol–water partition coefficient (Wildman–Crippen LogP) is 2.14. The van der Waals surface area contributed by atoms with Gasteiger partial charge in [0.15, 0.2) is 0 Å². The minimum absolute atomic E-state index is 0.0601. The quantitative estimate of drug-likeness (QED) is 0.731. The number of halogens is 2. The Morgan fingerprint density at radius 3 is 2.63 bits per heavy atom. The molecular formula is C13H12F2N2O2. The Balaban J connectivity index is 2.02. The van der Waals surface area contributed by atoms with E-state index in [1.165, 1.54) is 4.90 Å². The molecule has 4 nitrogen and oxygen atoms in total. The summed E-state index contributed by atoms with van der Waals surface area (Å²) in [5.74, 6) is -2.02. The van der Waals surface area contributed by atoms with E-state index in [4.69, 9.17) is 0 Å². The molecule has 2 heterocycles. The van der Waals surface area contributed by atoms with Crippen LogP contribution >= 0.6 is 0 Å². The van der Waals surface area contributed by atoms with E-state index in [9.17, 15) is 18.4 Å². The Hall–Kier alpha value is -1.98. The minimum atomic E-state index is -0.907. The highest BCUT2D eigenvalue weighted by atomic mass is 19.1. The molecule has 0 radical (unpaired) electrons. The standard InChI is InChI=1S/C13H12F2N2O2/c1-7-4-5-16-11(7)12(18)17(13(16)19)10-3-2-8(14)6-9(10)15/h2-3,6-7,11H,4-5H2,1H3. The van der Waals surface area contributed by atoms with Crippen LogP contribution < -0.4 is 4.90 Å². The molecule has 2 aliphatic heterocycles. The highest BCUT2D eigenvalue weighted by Crippen LogP contribution is 2.35. The summed E-state index contributed by atoms with van der Waals surface area (Å²) in [6.45, 7) is 2.39. The van der Waals surface area contributed by atoms with Gasteiger partial charge >= 0.3 is 6.03 Å². The second-order valence-electron chi connectivity index (χ2n) is 4.96. The zero-order valence-electron chi connectivity index (χ0n) is 10.3. The van der Waals surface area contributed by atoms with Gasteiger partial charge in [0.1, 0.15) is 17.7 Å². The molecule has 0 saturated carbocycles. The Morgan fingerprint density at radius 2 is 2.00 bits per heavy atom. The van der Waals surface area contributed by atoms with E-state index in [0.717, 1.165) is 23.5 Å². The van der Waals surface area contributed by atoms with Gasteiger partial charge in [-0.3, -0.25) is 4.79 Å². The summed E-state index contributed by atoms with van der Waals surface area (Å²) in [7, 11) is 0. The Kier molecular flexibility index (Phi) is 2.55. The Labute approximate surface area is 108 Å². The molecule has 2 fully saturated rings. The van der Waals surface area contributed by atoms with Crippen molar-refractivity contribution in [1.29, 1.82) is 0 Å². The first kappa shape index (κ1) is 12.1. The summed E-state index contributed by atoms with van der Waals surface area (Å²) in [6, 6.07) is 1.78. The summed E-state index contributed by atoms with van der Waals surface area (Å²) < 4.78 is 26.6. The number of urea groups is 1. The van der Waals surface area contributed by atoms with Crippen LogP contribution in [0.1, 0.15) is 13.3 Å². The molecule has 3 rings (SSSR count). The number of carbonyl (C=O) groups is 2. The van der Waals surface area contributed by atoms with Crippen LogP contribution in [-0.2, 0) is 4.79 Å². The number of hydrogen-bond acceptors (Lipinski definition) is 2. The highest BCUT2D eigenvalue weighted by Gasteiger charge is 2.51. The number of fused-ring (bicyclic) bond motifs is 1. The van der Waals surface area contributed by atoms with E-state index < -0.39 is 29.6 Å². The zero-order valence-corrected chi connectivity index (χ0v) is 10.3. The molecule has 19 heavy (non-hydrogen) atoms. The smallest absolute Gasteiger partial charge is 0.312 e. The van der Waals surface area contributed by atoms with Gasteiger partial charge < -0.3 is 4.90 Å². The lowest BCUT2D eigenvalue weighted by Gasteiger charge is -2.16. The maximum absolute atomic E-state index is 13.7. The van der Waals surface area contributed by atoms with Crippen molar-refractivity contribution in [3.8, 4) is 0 Å². The van der Waals surface area contributed by atoms with E-state index in [0.29, 0.717) is 12.6 Å². The molecule has 1 aromatic rings. The van der Waals surface area contributed by atoms with Gasteiger partial charge in [-0.1, -0.05) is 6.92 Å². The largest absolute Gasteiger partial charge is 0.332 e. The van der Waals surface area contributed by atoms with Crippen LogP contribution in [0.2, 0.25) is 0 Å². The third-order valence-corrected chi connectivity index (χ3v) is 3.76. The molecule has 100 valence electrons. The average molecular weight is 266 g/mol. The first-order valence-electron chi connectivity index (χ1n) is 6.10. The van der Waals surface area contributed by atoms with E-state index >= 15 is 0 Å². The molecule has 1 aromatic carbocycles. The van der Waals surface area contributed by atoms with Crippen molar-refractivity contribution in [3.05, 3.63) is 29.8 Å². The van der Waals surface area contributed by atoms with Crippen molar-refractivity contribution in [2.75, 3.05) is 11.4 Å². The molecule has 0 N–H and O–H groups in total. The van der Waals surface area contributed by atoms with Gasteiger partial charge in [0.05, 0.1) is 5.69 Å². The van der Waals surface area contributed by atoms with E-state index in [-0.39, 0.29) is 11.6 Å². The SMILES string of the molecule is CC1CCN2C(=O)N(c3ccc(F)cc3F)C(=O)C12. The van der Waals surface area contributed by atoms with Crippen molar-refractivity contribution in [1.82, 2.24) is 4.90 Å². The van der Waals surface area contributed by atoms with E-state index in [1.54, 1.807) is 0 Å². The lowest BCUT2D eigenvalue weighted by molar-refractivity contribution is -0.120. The fraction of sp³-hybridized carbons (Fsp3) is 0.385. The van der Waals surface area contributed by atoms with Crippen LogP contribution in [-0.4, -0.2) is 29.4 Å². The summed E-state index contributed by atoms with van der Waals surface area (Å²) in [6.07, 6.45) is 0.766. The molecule has 2 saturated heterocycles. The van der Waals surface area contributed by atoms with Gasteiger partial charge in [0.25, 0.3) is 5.91 Å². The fourth-order valence-corrected chi connectivity index (χ4v) is 2.78. The normalized spacial score (nSPS) is 26.3. The average Bonchev–Trinajstić information content (AvgIpc) is 2.83. The Morgan fingerprint density at radius 1 is 1.26 bits per heavy atom. The van der Waals surface area contributed by atoms with Crippen molar-refractivity contribution in [3.63, 3.8) is 0 Å². The molecule has 0 spiro atoms. The van der Waals surface area contributed by atoms with Crippen molar-refractivity contribution < 1.29 is 18.4 Å². The van der Waals surface area contributed by atoms with Gasteiger partial charge in [-0.2, -0.15) is 0 Å². The lowest BCUT2D eigenvalue weighted by atomic mass is 10.0. The maximum Gasteiger partial charge on any atom is 0.332 e. The second kappa shape index (κ2) is 4.01. The molecule has 6 heteroatoms. The van der Waals surface area contributed by atoms with Crippen LogP contribution in [0.3, 0.4) is 0 Å². The predicted molar refractivity (Wildman–Crippen MR) is 63.5 cm³/mol. The van der Waals surface area contributed by atoms with Crippen LogP contribution in [0, 0.1) is 17.6 Å². The number of imide groups is 1. The number of nitrogens with zero attached hydrogens (tertiary/aromatic N) is 2. The van der Waals surface area contributed by atoms with E-state index in [2.05, 4.69) is 0 Å².